The number of hydrogen-bond acceptors (Lipinski definition) is 1. The lowest BCUT2D eigenvalue weighted by atomic mass is 10.1. The maximum atomic E-state index is 12.5. The summed E-state index contributed by atoms with van der Waals surface area (Å²) in [6, 6.07) is 15.4. The fourth-order valence-corrected chi connectivity index (χ4v) is 2.71. The average Bonchev–Trinajstić information content (AvgIpc) is 2.93. The number of hydrogen-bond donors (Lipinski definition) is 2. The second-order valence-corrected chi connectivity index (χ2v) is 5.41. The van der Waals surface area contributed by atoms with Gasteiger partial charge in [-0.2, -0.15) is 0 Å². The molecule has 0 spiro atoms. The summed E-state index contributed by atoms with van der Waals surface area (Å²) in [5.41, 5.74) is 4.81. The van der Waals surface area contributed by atoms with Crippen LogP contribution in [0.2, 0.25) is 0 Å². The van der Waals surface area contributed by atoms with Crippen molar-refractivity contribution in [1.82, 2.24) is 10.3 Å². The van der Waals surface area contributed by atoms with E-state index in [1.807, 2.05) is 49.4 Å². The number of aromatic amines is 1. The van der Waals surface area contributed by atoms with E-state index in [0.29, 0.717) is 11.3 Å². The number of benzene rings is 2. The molecule has 3 heteroatoms. The molecule has 2 aromatic carbocycles. The Morgan fingerprint density at radius 1 is 1.13 bits per heavy atom. The lowest BCUT2D eigenvalue weighted by Crippen LogP contribution is -2.22. The molecule has 1 heterocycles. The molecular weight excluding hydrogens is 284 g/mol. The van der Waals surface area contributed by atoms with Gasteiger partial charge in [0.1, 0.15) is 0 Å². The minimum Gasteiger partial charge on any atom is -0.353 e. The van der Waals surface area contributed by atoms with Crippen LogP contribution in [0, 0.1) is 6.92 Å². The first-order valence-corrected chi connectivity index (χ1v) is 7.41. The van der Waals surface area contributed by atoms with Crippen LogP contribution in [0.1, 0.15) is 27.2 Å². The first kappa shape index (κ1) is 14.9. The molecule has 3 rings (SSSR count). The molecule has 0 aliphatic carbocycles. The third kappa shape index (κ3) is 2.69. The Morgan fingerprint density at radius 2 is 1.83 bits per heavy atom. The molecular formula is C20H18N2O. The molecule has 0 bridgehead atoms. The Morgan fingerprint density at radius 3 is 2.57 bits per heavy atom. The van der Waals surface area contributed by atoms with Gasteiger partial charge in [0.2, 0.25) is 0 Å². The van der Waals surface area contributed by atoms with Gasteiger partial charge in [-0.15, -0.1) is 0 Å². The molecule has 0 aliphatic rings. The zero-order valence-electron chi connectivity index (χ0n) is 13.0. The molecule has 0 atom stereocenters. The molecule has 3 nitrogen and oxygen atoms in total. The number of aryl methyl sites for hydroxylation is 1. The van der Waals surface area contributed by atoms with Crippen LogP contribution in [0.3, 0.4) is 0 Å². The molecule has 1 amide bonds. The minimum absolute atomic E-state index is 0.165. The van der Waals surface area contributed by atoms with E-state index in [1.165, 1.54) is 0 Å². The van der Waals surface area contributed by atoms with E-state index in [4.69, 9.17) is 0 Å². The van der Waals surface area contributed by atoms with Gasteiger partial charge in [0.15, 0.2) is 0 Å². The van der Waals surface area contributed by atoms with Crippen molar-refractivity contribution in [3.05, 3.63) is 84.1 Å². The zero-order valence-corrected chi connectivity index (χ0v) is 13.0. The van der Waals surface area contributed by atoms with Crippen molar-refractivity contribution in [3.63, 3.8) is 0 Å². The Bertz CT molecular complexity index is 918. The van der Waals surface area contributed by atoms with Crippen molar-refractivity contribution >= 4 is 28.6 Å². The first-order valence-electron chi connectivity index (χ1n) is 7.41. The second kappa shape index (κ2) is 5.97. The smallest absolute Gasteiger partial charge is 0.255 e. The van der Waals surface area contributed by atoms with Gasteiger partial charge in [0.25, 0.3) is 5.91 Å². The highest BCUT2D eigenvalue weighted by Crippen LogP contribution is 2.26. The maximum absolute atomic E-state index is 12.5. The fourth-order valence-electron chi connectivity index (χ4n) is 2.71. The Balaban J connectivity index is 1.94. The minimum atomic E-state index is -0.165. The summed E-state index contributed by atoms with van der Waals surface area (Å²) < 4.78 is 0. The Kier molecular flexibility index (Phi) is 3.85. The van der Waals surface area contributed by atoms with Gasteiger partial charge in [-0.25, -0.2) is 0 Å². The second-order valence-electron chi connectivity index (χ2n) is 5.41. The van der Waals surface area contributed by atoms with Gasteiger partial charge in [-0.05, 0) is 24.6 Å². The number of fused-ring (bicyclic) bond motifs is 1. The standard InChI is InChI=1S/C20H18N2O/c1-4-15-17-11-7-8-12-18(17)22-19(15)14(3)21-20(23)16-10-6-5-9-13(16)2/h4-12,22H,1,3H2,2H3,(H,21,23). The van der Waals surface area contributed by atoms with Gasteiger partial charge in [0, 0.05) is 22.0 Å². The summed E-state index contributed by atoms with van der Waals surface area (Å²) in [5, 5.41) is 3.94. The normalized spacial score (nSPS) is 10.5. The Hall–Kier alpha value is -3.07. The van der Waals surface area contributed by atoms with Crippen LogP contribution in [0.15, 0.2) is 61.7 Å². The predicted molar refractivity (Wildman–Crippen MR) is 96.1 cm³/mol. The lowest BCUT2D eigenvalue weighted by Gasteiger charge is -2.10. The molecule has 2 N–H and O–H groups in total. The molecule has 0 unspecified atom stereocenters. The molecule has 3 aromatic rings. The predicted octanol–water partition coefficient (Wildman–Crippen LogP) is 4.52. The van der Waals surface area contributed by atoms with E-state index in [9.17, 15) is 4.79 Å². The molecule has 0 radical (unpaired) electrons. The molecule has 0 saturated carbocycles. The van der Waals surface area contributed by atoms with E-state index in [-0.39, 0.29) is 5.91 Å². The summed E-state index contributed by atoms with van der Waals surface area (Å²) in [6.07, 6.45) is 1.78. The third-order valence-corrected chi connectivity index (χ3v) is 3.91. The molecule has 0 fully saturated rings. The van der Waals surface area contributed by atoms with E-state index in [1.54, 1.807) is 12.1 Å². The Labute approximate surface area is 135 Å². The van der Waals surface area contributed by atoms with Crippen LogP contribution in [0.5, 0.6) is 0 Å². The zero-order chi connectivity index (χ0) is 16.4. The monoisotopic (exact) mass is 302 g/mol. The number of amides is 1. The van der Waals surface area contributed by atoms with E-state index in [2.05, 4.69) is 23.5 Å². The average molecular weight is 302 g/mol. The van der Waals surface area contributed by atoms with Gasteiger partial charge in [-0.3, -0.25) is 4.79 Å². The van der Waals surface area contributed by atoms with Gasteiger partial charge >= 0.3 is 0 Å². The summed E-state index contributed by atoms with van der Waals surface area (Å²) in [7, 11) is 0. The number of nitrogens with one attached hydrogen (secondary N) is 2. The topological polar surface area (TPSA) is 44.9 Å². The summed E-state index contributed by atoms with van der Waals surface area (Å²) in [4.78, 5) is 15.8. The lowest BCUT2D eigenvalue weighted by molar-refractivity contribution is 0.0973. The molecule has 114 valence electrons. The van der Waals surface area contributed by atoms with Crippen molar-refractivity contribution < 1.29 is 4.79 Å². The number of para-hydroxylation sites is 1. The highest BCUT2D eigenvalue weighted by atomic mass is 16.1. The van der Waals surface area contributed by atoms with Crippen LogP contribution < -0.4 is 5.32 Å². The summed E-state index contributed by atoms with van der Waals surface area (Å²) in [5.74, 6) is -0.165. The number of carbonyl (C=O) groups excluding carboxylic acids is 1. The largest absolute Gasteiger partial charge is 0.353 e. The molecule has 0 aliphatic heterocycles. The van der Waals surface area contributed by atoms with Crippen LogP contribution in [0.4, 0.5) is 0 Å². The van der Waals surface area contributed by atoms with Crippen LogP contribution in [0.25, 0.3) is 22.7 Å². The van der Waals surface area contributed by atoms with Crippen molar-refractivity contribution in [2.45, 2.75) is 6.92 Å². The highest BCUT2D eigenvalue weighted by molar-refractivity contribution is 6.02. The number of aromatic nitrogens is 1. The van der Waals surface area contributed by atoms with Crippen molar-refractivity contribution in [2.24, 2.45) is 0 Å². The summed E-state index contributed by atoms with van der Waals surface area (Å²) in [6.45, 7) is 9.80. The van der Waals surface area contributed by atoms with E-state index < -0.39 is 0 Å². The molecule has 23 heavy (non-hydrogen) atoms. The van der Waals surface area contributed by atoms with Crippen LogP contribution in [-0.2, 0) is 0 Å². The quantitative estimate of drug-likeness (QED) is 0.731. The van der Waals surface area contributed by atoms with Gasteiger partial charge in [0.05, 0.1) is 11.4 Å². The maximum Gasteiger partial charge on any atom is 0.255 e. The summed E-state index contributed by atoms with van der Waals surface area (Å²) >= 11 is 0. The fraction of sp³-hybridized carbons (Fsp3) is 0.0500. The third-order valence-electron chi connectivity index (χ3n) is 3.91. The van der Waals surface area contributed by atoms with E-state index >= 15 is 0 Å². The van der Waals surface area contributed by atoms with Crippen molar-refractivity contribution in [3.8, 4) is 0 Å². The van der Waals surface area contributed by atoms with Gasteiger partial charge in [-0.1, -0.05) is 55.6 Å². The van der Waals surface area contributed by atoms with Crippen molar-refractivity contribution in [1.29, 1.82) is 0 Å². The number of carbonyl (C=O) groups is 1. The molecule has 0 saturated heterocycles. The van der Waals surface area contributed by atoms with Crippen LogP contribution in [-0.4, -0.2) is 10.9 Å². The number of H-pyrrole nitrogens is 1. The van der Waals surface area contributed by atoms with Crippen molar-refractivity contribution in [2.75, 3.05) is 0 Å². The van der Waals surface area contributed by atoms with Gasteiger partial charge < -0.3 is 10.3 Å². The first-order chi connectivity index (χ1) is 11.1. The number of rotatable bonds is 4. The van der Waals surface area contributed by atoms with E-state index in [0.717, 1.165) is 27.7 Å². The SMILES string of the molecule is C=Cc1c(C(=C)NC(=O)c2ccccc2C)[nH]c2ccccc12. The van der Waals surface area contributed by atoms with Crippen LogP contribution >= 0.6 is 0 Å². The highest BCUT2D eigenvalue weighted by Gasteiger charge is 2.15. The molecule has 1 aromatic heterocycles.